The summed E-state index contributed by atoms with van der Waals surface area (Å²) in [6.45, 7) is 4.24. The Morgan fingerprint density at radius 3 is 2.89 bits per heavy atom. The van der Waals surface area contributed by atoms with E-state index >= 15 is 0 Å². The van der Waals surface area contributed by atoms with E-state index in [1.54, 1.807) is 0 Å². The van der Waals surface area contributed by atoms with Gasteiger partial charge < -0.3 is 14.7 Å². The van der Waals surface area contributed by atoms with Gasteiger partial charge in [0.25, 0.3) is 0 Å². The number of piperidine rings is 1. The summed E-state index contributed by atoms with van der Waals surface area (Å²) >= 11 is 0. The molecule has 18 heavy (non-hydrogen) atoms. The van der Waals surface area contributed by atoms with Gasteiger partial charge in [-0.3, -0.25) is 0 Å². The SMILES string of the molecule is CCOC1CCN(c2ncncc2C(=O)O)CC1. The van der Waals surface area contributed by atoms with Gasteiger partial charge in [0.1, 0.15) is 17.7 Å². The molecule has 1 aromatic rings. The van der Waals surface area contributed by atoms with E-state index in [2.05, 4.69) is 9.97 Å². The maximum absolute atomic E-state index is 11.1. The molecule has 1 fully saturated rings. The van der Waals surface area contributed by atoms with E-state index in [1.807, 2.05) is 11.8 Å². The Bertz CT molecular complexity index is 417. The van der Waals surface area contributed by atoms with Crippen LogP contribution in [0.5, 0.6) is 0 Å². The molecule has 0 spiro atoms. The van der Waals surface area contributed by atoms with Crippen molar-refractivity contribution in [2.75, 3.05) is 24.6 Å². The molecule has 1 N–H and O–H groups in total. The van der Waals surface area contributed by atoms with Crippen LogP contribution >= 0.6 is 0 Å². The number of aromatic carboxylic acids is 1. The number of rotatable bonds is 4. The fourth-order valence-corrected chi connectivity index (χ4v) is 2.20. The fraction of sp³-hybridized carbons (Fsp3) is 0.583. The summed E-state index contributed by atoms with van der Waals surface area (Å²) in [5, 5.41) is 9.10. The summed E-state index contributed by atoms with van der Waals surface area (Å²) in [5.41, 5.74) is 0.160. The van der Waals surface area contributed by atoms with Gasteiger partial charge in [0.15, 0.2) is 0 Å². The second-order valence-corrected chi connectivity index (χ2v) is 4.21. The summed E-state index contributed by atoms with van der Waals surface area (Å²) < 4.78 is 5.57. The molecular weight excluding hydrogens is 234 g/mol. The van der Waals surface area contributed by atoms with Crippen molar-refractivity contribution in [3.8, 4) is 0 Å². The second kappa shape index (κ2) is 5.77. The zero-order chi connectivity index (χ0) is 13.0. The molecule has 2 rings (SSSR count). The Labute approximate surface area is 106 Å². The Balaban J connectivity index is 2.07. The average molecular weight is 251 g/mol. The van der Waals surface area contributed by atoms with E-state index in [0.717, 1.165) is 32.5 Å². The quantitative estimate of drug-likeness (QED) is 0.866. The van der Waals surface area contributed by atoms with Gasteiger partial charge in [-0.15, -0.1) is 0 Å². The molecule has 6 nitrogen and oxygen atoms in total. The molecule has 0 aromatic carbocycles. The monoisotopic (exact) mass is 251 g/mol. The minimum Gasteiger partial charge on any atom is -0.477 e. The van der Waals surface area contributed by atoms with E-state index in [4.69, 9.17) is 9.84 Å². The average Bonchev–Trinajstić information content (AvgIpc) is 2.40. The lowest BCUT2D eigenvalue weighted by molar-refractivity contribution is 0.0458. The van der Waals surface area contributed by atoms with Crippen molar-refractivity contribution in [3.63, 3.8) is 0 Å². The Hall–Kier alpha value is -1.69. The van der Waals surface area contributed by atoms with Gasteiger partial charge >= 0.3 is 5.97 Å². The number of carboxylic acids is 1. The molecule has 0 aliphatic carbocycles. The van der Waals surface area contributed by atoms with Crippen LogP contribution in [-0.2, 0) is 4.74 Å². The van der Waals surface area contributed by atoms with Crippen LogP contribution in [0.1, 0.15) is 30.1 Å². The third kappa shape index (κ3) is 2.76. The molecule has 0 bridgehead atoms. The van der Waals surface area contributed by atoms with Gasteiger partial charge in [-0.2, -0.15) is 0 Å². The van der Waals surface area contributed by atoms with Crippen LogP contribution < -0.4 is 4.90 Å². The first-order chi connectivity index (χ1) is 8.72. The van der Waals surface area contributed by atoms with Crippen LogP contribution in [0.15, 0.2) is 12.5 Å². The Kier molecular flexibility index (Phi) is 4.09. The predicted octanol–water partition coefficient (Wildman–Crippen LogP) is 1.18. The molecule has 98 valence electrons. The molecule has 0 unspecified atom stereocenters. The first kappa shape index (κ1) is 12.8. The van der Waals surface area contributed by atoms with Crippen molar-refractivity contribution in [2.24, 2.45) is 0 Å². The van der Waals surface area contributed by atoms with Crippen LogP contribution in [0, 0.1) is 0 Å². The van der Waals surface area contributed by atoms with Crippen molar-refractivity contribution in [1.82, 2.24) is 9.97 Å². The number of carbonyl (C=O) groups is 1. The molecule has 0 saturated carbocycles. The maximum atomic E-state index is 11.1. The largest absolute Gasteiger partial charge is 0.477 e. The van der Waals surface area contributed by atoms with Crippen LogP contribution in [0.4, 0.5) is 5.82 Å². The highest BCUT2D eigenvalue weighted by atomic mass is 16.5. The van der Waals surface area contributed by atoms with E-state index in [1.165, 1.54) is 12.5 Å². The zero-order valence-corrected chi connectivity index (χ0v) is 10.4. The Morgan fingerprint density at radius 1 is 1.56 bits per heavy atom. The van der Waals surface area contributed by atoms with Crippen LogP contribution in [0.3, 0.4) is 0 Å². The molecule has 2 heterocycles. The second-order valence-electron chi connectivity index (χ2n) is 4.21. The highest BCUT2D eigenvalue weighted by Crippen LogP contribution is 2.22. The molecular formula is C12H17N3O3. The van der Waals surface area contributed by atoms with E-state index < -0.39 is 5.97 Å². The number of nitrogens with zero attached hydrogens (tertiary/aromatic N) is 3. The molecule has 1 aromatic heterocycles. The first-order valence-corrected chi connectivity index (χ1v) is 6.12. The number of ether oxygens (including phenoxy) is 1. The molecule has 0 amide bonds. The van der Waals surface area contributed by atoms with E-state index in [9.17, 15) is 4.79 Å². The summed E-state index contributed by atoms with van der Waals surface area (Å²) in [7, 11) is 0. The highest BCUT2D eigenvalue weighted by molar-refractivity contribution is 5.92. The van der Waals surface area contributed by atoms with Crippen LogP contribution in [0.25, 0.3) is 0 Å². The normalized spacial score (nSPS) is 16.8. The zero-order valence-electron chi connectivity index (χ0n) is 10.4. The number of hydrogen-bond acceptors (Lipinski definition) is 5. The van der Waals surface area contributed by atoms with Crippen molar-refractivity contribution >= 4 is 11.8 Å². The van der Waals surface area contributed by atoms with Gasteiger partial charge in [0, 0.05) is 25.9 Å². The Morgan fingerprint density at radius 2 is 2.28 bits per heavy atom. The van der Waals surface area contributed by atoms with Gasteiger partial charge in [-0.05, 0) is 19.8 Å². The third-order valence-electron chi connectivity index (χ3n) is 3.07. The summed E-state index contributed by atoms with van der Waals surface area (Å²) in [6, 6.07) is 0. The van der Waals surface area contributed by atoms with Crippen LogP contribution in [-0.4, -0.2) is 46.8 Å². The van der Waals surface area contributed by atoms with Gasteiger partial charge in [-0.25, -0.2) is 14.8 Å². The number of aromatic nitrogens is 2. The first-order valence-electron chi connectivity index (χ1n) is 6.12. The van der Waals surface area contributed by atoms with Crippen molar-refractivity contribution in [1.29, 1.82) is 0 Å². The number of carboxylic acid groups (broad SMARTS) is 1. The summed E-state index contributed by atoms with van der Waals surface area (Å²) in [6.07, 6.45) is 4.81. The van der Waals surface area contributed by atoms with Crippen LogP contribution in [0.2, 0.25) is 0 Å². The topological polar surface area (TPSA) is 75.5 Å². The minimum absolute atomic E-state index is 0.160. The van der Waals surface area contributed by atoms with Gasteiger partial charge in [-0.1, -0.05) is 0 Å². The van der Waals surface area contributed by atoms with E-state index in [-0.39, 0.29) is 11.7 Å². The number of anilines is 1. The lowest BCUT2D eigenvalue weighted by Crippen LogP contribution is -2.38. The summed E-state index contributed by atoms with van der Waals surface area (Å²) in [4.78, 5) is 20.9. The molecule has 1 aliphatic rings. The van der Waals surface area contributed by atoms with E-state index in [0.29, 0.717) is 5.82 Å². The van der Waals surface area contributed by atoms with Gasteiger partial charge in [0.05, 0.1) is 6.10 Å². The maximum Gasteiger partial charge on any atom is 0.341 e. The van der Waals surface area contributed by atoms with Crippen molar-refractivity contribution < 1.29 is 14.6 Å². The van der Waals surface area contributed by atoms with Crippen molar-refractivity contribution in [3.05, 3.63) is 18.1 Å². The molecule has 6 heteroatoms. The molecule has 1 saturated heterocycles. The third-order valence-corrected chi connectivity index (χ3v) is 3.07. The summed E-state index contributed by atoms with van der Waals surface area (Å²) in [5.74, 6) is -0.481. The molecule has 0 atom stereocenters. The lowest BCUT2D eigenvalue weighted by Gasteiger charge is -2.32. The lowest BCUT2D eigenvalue weighted by atomic mass is 10.1. The minimum atomic E-state index is -0.988. The van der Waals surface area contributed by atoms with Gasteiger partial charge in [0.2, 0.25) is 0 Å². The number of hydrogen-bond donors (Lipinski definition) is 1. The fourth-order valence-electron chi connectivity index (χ4n) is 2.20. The molecule has 0 radical (unpaired) electrons. The standard InChI is InChI=1S/C12H17N3O3/c1-2-18-9-3-5-15(6-4-9)11-10(12(16)17)7-13-8-14-11/h7-9H,2-6H2,1H3,(H,16,17). The molecule has 1 aliphatic heterocycles. The van der Waals surface area contributed by atoms with Crippen molar-refractivity contribution in [2.45, 2.75) is 25.9 Å². The highest BCUT2D eigenvalue weighted by Gasteiger charge is 2.23. The predicted molar refractivity (Wildman–Crippen MR) is 65.9 cm³/mol. The smallest absolute Gasteiger partial charge is 0.341 e.